The van der Waals surface area contributed by atoms with Crippen LogP contribution in [0.5, 0.6) is 0 Å². The number of thiazole rings is 1. The highest BCUT2D eigenvalue weighted by Gasteiger charge is 2.18. The van der Waals surface area contributed by atoms with Crippen molar-refractivity contribution >= 4 is 35.3 Å². The molecule has 1 amide bonds. The summed E-state index contributed by atoms with van der Waals surface area (Å²) in [6, 6.07) is 7.85. The van der Waals surface area contributed by atoms with Gasteiger partial charge in [0.05, 0.1) is 0 Å². The van der Waals surface area contributed by atoms with E-state index in [0.717, 1.165) is 35.8 Å². The Morgan fingerprint density at radius 3 is 3.10 bits per heavy atom. The van der Waals surface area contributed by atoms with E-state index >= 15 is 0 Å². The fourth-order valence-corrected chi connectivity index (χ4v) is 3.09. The van der Waals surface area contributed by atoms with E-state index in [-0.39, 0.29) is 18.3 Å². The molecule has 1 saturated heterocycles. The molecule has 0 bridgehead atoms. The lowest BCUT2D eigenvalue weighted by atomic mass is 10.0. The van der Waals surface area contributed by atoms with E-state index in [2.05, 4.69) is 15.6 Å². The number of hydrogen-bond donors (Lipinski definition) is 2. The van der Waals surface area contributed by atoms with E-state index < -0.39 is 0 Å². The lowest BCUT2D eigenvalue weighted by Crippen LogP contribution is -2.18. The first-order chi connectivity index (χ1) is 9.81. The fourth-order valence-electron chi connectivity index (χ4n) is 2.46. The van der Waals surface area contributed by atoms with Gasteiger partial charge in [-0.3, -0.25) is 4.79 Å². The van der Waals surface area contributed by atoms with Crippen LogP contribution in [0, 0.1) is 5.92 Å². The second-order valence-electron chi connectivity index (χ2n) is 5.03. The molecular weight excluding hydrogens is 306 g/mol. The van der Waals surface area contributed by atoms with Gasteiger partial charge in [-0.05, 0) is 37.6 Å². The van der Waals surface area contributed by atoms with Gasteiger partial charge >= 0.3 is 0 Å². The van der Waals surface area contributed by atoms with Crippen LogP contribution in [-0.2, 0) is 4.79 Å². The molecule has 3 rings (SSSR count). The Labute approximate surface area is 134 Å². The smallest absolute Gasteiger partial charge is 0.224 e. The number of rotatable bonds is 4. The molecule has 1 unspecified atom stereocenters. The molecule has 0 radical (unpaired) electrons. The molecule has 1 aromatic carbocycles. The highest BCUT2D eigenvalue weighted by atomic mass is 35.5. The van der Waals surface area contributed by atoms with Crippen molar-refractivity contribution in [1.29, 1.82) is 0 Å². The molecule has 6 heteroatoms. The topological polar surface area (TPSA) is 54.0 Å². The van der Waals surface area contributed by atoms with Gasteiger partial charge in [0.15, 0.2) is 0 Å². The largest absolute Gasteiger partial charge is 0.326 e. The Morgan fingerprint density at radius 2 is 2.38 bits per heavy atom. The Kier molecular flexibility index (Phi) is 5.73. The van der Waals surface area contributed by atoms with Crippen LogP contribution in [0.15, 0.2) is 35.8 Å². The third-order valence-corrected chi connectivity index (χ3v) is 4.28. The normalized spacial score (nSPS) is 17.2. The second kappa shape index (κ2) is 7.54. The summed E-state index contributed by atoms with van der Waals surface area (Å²) in [4.78, 5) is 16.3. The maximum Gasteiger partial charge on any atom is 0.224 e. The molecule has 1 aliphatic rings. The van der Waals surface area contributed by atoms with Gasteiger partial charge in [-0.2, -0.15) is 0 Å². The first kappa shape index (κ1) is 15.9. The highest BCUT2D eigenvalue weighted by Crippen LogP contribution is 2.24. The molecule has 0 spiro atoms. The van der Waals surface area contributed by atoms with Gasteiger partial charge in [0, 0.05) is 29.2 Å². The van der Waals surface area contributed by atoms with E-state index in [1.807, 2.05) is 29.6 Å². The van der Waals surface area contributed by atoms with E-state index in [0.29, 0.717) is 12.3 Å². The lowest BCUT2D eigenvalue weighted by molar-refractivity contribution is -0.116. The SMILES string of the molecule is Cl.O=C(CC1CCNC1)Nc1cccc(-c2nccs2)c1. The van der Waals surface area contributed by atoms with Crippen molar-refractivity contribution in [3.05, 3.63) is 35.8 Å². The van der Waals surface area contributed by atoms with Crippen LogP contribution in [-0.4, -0.2) is 24.0 Å². The summed E-state index contributed by atoms with van der Waals surface area (Å²) < 4.78 is 0. The minimum absolute atomic E-state index is 0. The van der Waals surface area contributed by atoms with Crippen molar-refractivity contribution in [3.63, 3.8) is 0 Å². The average Bonchev–Trinajstić information content (AvgIpc) is 3.11. The number of anilines is 1. The molecule has 112 valence electrons. The standard InChI is InChI=1S/C15H17N3OS.ClH/c19-14(8-11-4-5-16-10-11)18-13-3-1-2-12(9-13)15-17-6-7-20-15;/h1-3,6-7,9,11,16H,4-5,8,10H2,(H,18,19);1H. The zero-order valence-corrected chi connectivity index (χ0v) is 13.2. The van der Waals surface area contributed by atoms with E-state index in [9.17, 15) is 4.79 Å². The van der Waals surface area contributed by atoms with Crippen LogP contribution in [0.4, 0.5) is 5.69 Å². The number of carbonyl (C=O) groups excluding carboxylic acids is 1. The summed E-state index contributed by atoms with van der Waals surface area (Å²) in [5.74, 6) is 0.562. The van der Waals surface area contributed by atoms with Crippen molar-refractivity contribution in [2.24, 2.45) is 5.92 Å². The summed E-state index contributed by atoms with van der Waals surface area (Å²) in [6.45, 7) is 1.98. The van der Waals surface area contributed by atoms with Crippen molar-refractivity contribution < 1.29 is 4.79 Å². The Hall–Kier alpha value is -1.43. The van der Waals surface area contributed by atoms with Crippen LogP contribution in [0.25, 0.3) is 10.6 Å². The number of nitrogens with one attached hydrogen (secondary N) is 2. The number of carbonyl (C=O) groups is 1. The lowest BCUT2D eigenvalue weighted by Gasteiger charge is -2.09. The highest BCUT2D eigenvalue weighted by molar-refractivity contribution is 7.13. The van der Waals surface area contributed by atoms with Gasteiger partial charge in [0.25, 0.3) is 0 Å². The van der Waals surface area contributed by atoms with E-state index in [1.165, 1.54) is 0 Å². The fraction of sp³-hybridized carbons (Fsp3) is 0.333. The summed E-state index contributed by atoms with van der Waals surface area (Å²) in [6.07, 6.45) is 3.47. The molecule has 1 atom stereocenters. The van der Waals surface area contributed by atoms with Gasteiger partial charge in [0.1, 0.15) is 5.01 Å². The second-order valence-corrected chi connectivity index (χ2v) is 5.92. The van der Waals surface area contributed by atoms with Crippen molar-refractivity contribution in [3.8, 4) is 10.6 Å². The van der Waals surface area contributed by atoms with Crippen molar-refractivity contribution in [2.75, 3.05) is 18.4 Å². The molecular formula is C15H18ClN3OS. The average molecular weight is 324 g/mol. The molecule has 0 saturated carbocycles. The Balaban J connectivity index is 0.00000161. The molecule has 1 aliphatic heterocycles. The van der Waals surface area contributed by atoms with E-state index in [4.69, 9.17) is 0 Å². The van der Waals surface area contributed by atoms with Crippen molar-refractivity contribution in [1.82, 2.24) is 10.3 Å². The van der Waals surface area contributed by atoms with Gasteiger partial charge in [-0.25, -0.2) is 4.98 Å². The predicted molar refractivity (Wildman–Crippen MR) is 89.0 cm³/mol. The summed E-state index contributed by atoms with van der Waals surface area (Å²) in [7, 11) is 0. The molecule has 1 aromatic heterocycles. The number of hydrogen-bond acceptors (Lipinski definition) is 4. The summed E-state index contributed by atoms with van der Waals surface area (Å²) >= 11 is 1.60. The Bertz CT molecular complexity index is 582. The first-order valence-corrected chi connectivity index (χ1v) is 7.70. The number of benzene rings is 1. The number of halogens is 1. The van der Waals surface area contributed by atoms with Gasteiger partial charge in [-0.15, -0.1) is 23.7 Å². The maximum absolute atomic E-state index is 12.0. The van der Waals surface area contributed by atoms with Gasteiger partial charge in [0.2, 0.25) is 5.91 Å². The Morgan fingerprint density at radius 1 is 1.48 bits per heavy atom. The van der Waals surface area contributed by atoms with Gasteiger partial charge in [-0.1, -0.05) is 12.1 Å². The zero-order valence-electron chi connectivity index (χ0n) is 11.5. The minimum Gasteiger partial charge on any atom is -0.326 e. The van der Waals surface area contributed by atoms with Crippen LogP contribution >= 0.6 is 23.7 Å². The predicted octanol–water partition coefficient (Wildman–Crippen LogP) is 3.17. The monoisotopic (exact) mass is 323 g/mol. The van der Waals surface area contributed by atoms with Crippen LogP contribution in [0.1, 0.15) is 12.8 Å². The third kappa shape index (κ3) is 4.27. The minimum atomic E-state index is 0. The number of nitrogens with zero attached hydrogens (tertiary/aromatic N) is 1. The quantitative estimate of drug-likeness (QED) is 0.908. The third-order valence-electron chi connectivity index (χ3n) is 3.46. The molecule has 4 nitrogen and oxygen atoms in total. The van der Waals surface area contributed by atoms with Crippen LogP contribution in [0.3, 0.4) is 0 Å². The summed E-state index contributed by atoms with van der Waals surface area (Å²) in [5, 5.41) is 9.19. The molecule has 1 fully saturated rings. The number of aromatic nitrogens is 1. The van der Waals surface area contributed by atoms with E-state index in [1.54, 1.807) is 17.5 Å². The van der Waals surface area contributed by atoms with Crippen molar-refractivity contribution in [2.45, 2.75) is 12.8 Å². The van der Waals surface area contributed by atoms with Gasteiger partial charge < -0.3 is 10.6 Å². The first-order valence-electron chi connectivity index (χ1n) is 6.82. The summed E-state index contributed by atoms with van der Waals surface area (Å²) in [5.41, 5.74) is 1.88. The number of amides is 1. The molecule has 2 aromatic rings. The molecule has 0 aliphatic carbocycles. The zero-order chi connectivity index (χ0) is 13.8. The maximum atomic E-state index is 12.0. The van der Waals surface area contributed by atoms with Crippen LogP contribution < -0.4 is 10.6 Å². The molecule has 2 N–H and O–H groups in total. The molecule has 21 heavy (non-hydrogen) atoms. The van der Waals surface area contributed by atoms with Crippen LogP contribution in [0.2, 0.25) is 0 Å². The molecule has 2 heterocycles.